The van der Waals surface area contributed by atoms with Crippen LogP contribution < -0.4 is 16.4 Å². The number of esters is 7. The highest BCUT2D eigenvalue weighted by Gasteiger charge is 2.36. The smallest absolute Gasteiger partial charge is 0.317 e. The summed E-state index contributed by atoms with van der Waals surface area (Å²) in [5.74, 6) is -12.7. The van der Waals surface area contributed by atoms with Crippen LogP contribution in [-0.2, 0) is 81.1 Å². The Kier molecular flexibility index (Phi) is 21.3. The highest BCUT2D eigenvalue weighted by molar-refractivity contribution is 14.1. The monoisotopic (exact) mass is 1120 g/mol. The lowest BCUT2D eigenvalue weighted by Gasteiger charge is -2.26. The maximum absolute atomic E-state index is 13.7. The van der Waals surface area contributed by atoms with Gasteiger partial charge in [0.15, 0.2) is 0 Å². The van der Waals surface area contributed by atoms with E-state index in [4.69, 9.17) is 38.9 Å². The van der Waals surface area contributed by atoms with E-state index in [0.29, 0.717) is 0 Å². The molecule has 3 amide bonds. The molecule has 0 saturated carbocycles. The standard InChI is InChI=1S/C32H38I3N3O17/c1-13(39)49-7-19(8-50-14(2)40)30(46)37-26-23(33)22(28(29(36)45)55-32(48)21(11-53-17(5)43)12-54-18(6)44)24(34)27(25(26)35)38-31(47)20(9-51-15(3)41)10-52-16(4)42/h19-21,28H,7-12H2,1-6H3,(H2,36,45)(H,37,46)(H,38,47). The zero-order valence-corrected chi connectivity index (χ0v) is 36.7. The summed E-state index contributed by atoms with van der Waals surface area (Å²) in [4.78, 5) is 123. The van der Waals surface area contributed by atoms with Gasteiger partial charge in [-0.15, -0.1) is 0 Å². The number of primary amides is 1. The normalized spacial score (nSPS) is 11.2. The fraction of sp³-hybridized carbons (Fsp3) is 0.500. The molecule has 1 unspecified atom stereocenters. The fourth-order valence-electron chi connectivity index (χ4n) is 3.95. The van der Waals surface area contributed by atoms with Crippen LogP contribution in [0.1, 0.15) is 53.2 Å². The van der Waals surface area contributed by atoms with Crippen LogP contribution in [0.25, 0.3) is 0 Å². The minimum Gasteiger partial charge on any atom is -0.465 e. The van der Waals surface area contributed by atoms with Gasteiger partial charge in [0.1, 0.15) is 57.4 Å². The van der Waals surface area contributed by atoms with Gasteiger partial charge < -0.3 is 49.5 Å². The van der Waals surface area contributed by atoms with Crippen molar-refractivity contribution in [2.24, 2.45) is 23.5 Å². The van der Waals surface area contributed by atoms with E-state index in [1.165, 1.54) is 0 Å². The van der Waals surface area contributed by atoms with Crippen LogP contribution >= 0.6 is 67.8 Å². The van der Waals surface area contributed by atoms with Crippen molar-refractivity contribution < 1.29 is 81.1 Å². The minimum absolute atomic E-state index is 0.0426. The maximum Gasteiger partial charge on any atom is 0.317 e. The number of anilines is 2. The van der Waals surface area contributed by atoms with Gasteiger partial charge in [-0.3, -0.25) is 47.9 Å². The highest BCUT2D eigenvalue weighted by atomic mass is 127. The second-order valence-electron chi connectivity index (χ2n) is 11.2. The molecule has 0 heterocycles. The van der Waals surface area contributed by atoms with Crippen molar-refractivity contribution in [2.75, 3.05) is 50.3 Å². The summed E-state index contributed by atoms with van der Waals surface area (Å²) in [6.07, 6.45) is -1.97. The number of nitrogens with one attached hydrogen (secondary N) is 2. The van der Waals surface area contributed by atoms with Crippen LogP contribution in [0.3, 0.4) is 0 Å². The van der Waals surface area contributed by atoms with E-state index in [1.54, 1.807) is 67.8 Å². The van der Waals surface area contributed by atoms with E-state index >= 15 is 0 Å². The first-order chi connectivity index (χ1) is 25.6. The Bertz CT molecular complexity index is 1550. The van der Waals surface area contributed by atoms with Crippen molar-refractivity contribution in [2.45, 2.75) is 47.6 Å². The van der Waals surface area contributed by atoms with E-state index in [2.05, 4.69) is 10.6 Å². The Hall–Kier alpha value is -3.89. The second-order valence-corrected chi connectivity index (χ2v) is 14.4. The summed E-state index contributed by atoms with van der Waals surface area (Å²) < 4.78 is 35.5. The van der Waals surface area contributed by atoms with Crippen LogP contribution in [-0.4, -0.2) is 99.1 Å². The van der Waals surface area contributed by atoms with E-state index in [0.717, 1.165) is 41.5 Å². The predicted octanol–water partition coefficient (Wildman–Crippen LogP) is 1.67. The number of ether oxygens (including phenoxy) is 7. The lowest BCUT2D eigenvalue weighted by molar-refractivity contribution is -0.167. The van der Waals surface area contributed by atoms with Gasteiger partial charge in [-0.25, -0.2) is 0 Å². The zero-order valence-electron chi connectivity index (χ0n) is 30.2. The molecule has 1 rings (SSSR count). The lowest BCUT2D eigenvalue weighted by Crippen LogP contribution is -2.36. The molecule has 304 valence electrons. The van der Waals surface area contributed by atoms with Gasteiger partial charge in [-0.2, -0.15) is 0 Å². The molecule has 1 aromatic carbocycles. The van der Waals surface area contributed by atoms with Crippen molar-refractivity contribution in [3.05, 3.63) is 16.3 Å². The molecule has 4 N–H and O–H groups in total. The summed E-state index contributed by atoms with van der Waals surface area (Å²) in [5.41, 5.74) is 5.39. The van der Waals surface area contributed by atoms with Crippen LogP contribution in [0, 0.1) is 28.5 Å². The molecule has 1 aromatic rings. The molecule has 0 aromatic heterocycles. The van der Waals surface area contributed by atoms with Crippen LogP contribution in [0.2, 0.25) is 0 Å². The van der Waals surface area contributed by atoms with Crippen molar-refractivity contribution in [1.29, 1.82) is 0 Å². The van der Waals surface area contributed by atoms with Gasteiger partial charge >= 0.3 is 41.8 Å². The molecule has 1 atom stereocenters. The summed E-state index contributed by atoms with van der Waals surface area (Å²) in [5, 5.41) is 5.23. The number of hydrogen-bond donors (Lipinski definition) is 3. The lowest BCUT2D eigenvalue weighted by atomic mass is 10.0. The number of rotatable bonds is 20. The number of carbonyl (C=O) groups is 10. The molecule has 55 heavy (non-hydrogen) atoms. The maximum atomic E-state index is 13.7. The first kappa shape index (κ1) is 49.1. The van der Waals surface area contributed by atoms with Crippen molar-refractivity contribution in [1.82, 2.24) is 0 Å². The van der Waals surface area contributed by atoms with Crippen LogP contribution in [0.15, 0.2) is 0 Å². The molecule has 23 heteroatoms. The molecule has 20 nitrogen and oxygen atoms in total. The van der Waals surface area contributed by atoms with Gasteiger partial charge in [0.05, 0.1) is 14.9 Å². The first-order valence-electron chi connectivity index (χ1n) is 15.7. The highest BCUT2D eigenvalue weighted by Crippen LogP contribution is 2.43. The Morgan fingerprint density at radius 3 is 1.02 bits per heavy atom. The van der Waals surface area contributed by atoms with E-state index in [1.807, 2.05) is 0 Å². The molecule has 0 saturated heterocycles. The molecule has 0 fully saturated rings. The Morgan fingerprint density at radius 2 is 0.764 bits per heavy atom. The molecule has 0 aliphatic rings. The summed E-state index contributed by atoms with van der Waals surface area (Å²) in [7, 11) is 0. The molecule has 0 spiro atoms. The topological polar surface area (TPSA) is 285 Å². The largest absolute Gasteiger partial charge is 0.465 e. The average Bonchev–Trinajstić information content (AvgIpc) is 3.07. The third kappa shape index (κ3) is 17.2. The summed E-state index contributed by atoms with van der Waals surface area (Å²) >= 11 is 5.20. The summed E-state index contributed by atoms with van der Waals surface area (Å²) in [6, 6.07) is 0. The fourth-order valence-corrected chi connectivity index (χ4v) is 8.22. The molecular formula is C32H38I3N3O17. The first-order valence-corrected chi connectivity index (χ1v) is 18.9. The van der Waals surface area contributed by atoms with Crippen molar-refractivity contribution in [3.63, 3.8) is 0 Å². The average molecular weight is 1120 g/mol. The third-order valence-corrected chi connectivity index (χ3v) is 9.92. The minimum atomic E-state index is -1.97. The summed E-state index contributed by atoms with van der Waals surface area (Å²) in [6.45, 7) is 3.18. The van der Waals surface area contributed by atoms with E-state index in [9.17, 15) is 47.9 Å². The Labute approximate surface area is 355 Å². The third-order valence-electron chi connectivity index (χ3n) is 6.60. The zero-order chi connectivity index (χ0) is 42.2. The number of nitrogens with two attached hydrogens (primary N) is 1. The molecule has 0 aliphatic heterocycles. The SMILES string of the molecule is CC(=O)OCC(COC(C)=O)C(=O)Nc1c(I)c(NC(=O)C(COC(C)=O)COC(C)=O)c(I)c(C(OC(=O)C(COC(C)=O)COC(C)=O)C(N)=O)c1I. The second kappa shape index (κ2) is 23.9. The van der Waals surface area contributed by atoms with E-state index in [-0.39, 0.29) is 27.6 Å². The number of carbonyl (C=O) groups excluding carboxylic acids is 10. The van der Waals surface area contributed by atoms with Gasteiger partial charge in [-0.05, 0) is 67.8 Å². The predicted molar refractivity (Wildman–Crippen MR) is 210 cm³/mol. The molecule has 0 radical (unpaired) electrons. The van der Waals surface area contributed by atoms with Gasteiger partial charge in [0.2, 0.25) is 17.9 Å². The van der Waals surface area contributed by atoms with Crippen LogP contribution in [0.4, 0.5) is 11.4 Å². The molecule has 0 aliphatic carbocycles. The van der Waals surface area contributed by atoms with Gasteiger partial charge in [-0.1, -0.05) is 0 Å². The Morgan fingerprint density at radius 1 is 0.491 bits per heavy atom. The molecular weight excluding hydrogens is 1080 g/mol. The van der Waals surface area contributed by atoms with Crippen molar-refractivity contribution in [3.8, 4) is 0 Å². The van der Waals surface area contributed by atoms with Gasteiger partial charge in [0, 0.05) is 54.2 Å². The number of benzene rings is 1. The molecule has 0 bridgehead atoms. The van der Waals surface area contributed by atoms with Crippen molar-refractivity contribution >= 4 is 139 Å². The van der Waals surface area contributed by atoms with Gasteiger partial charge in [0.25, 0.3) is 5.91 Å². The van der Waals surface area contributed by atoms with E-state index < -0.39 is 123 Å². The number of amides is 3. The number of halogens is 3. The van der Waals surface area contributed by atoms with Crippen LogP contribution in [0.5, 0.6) is 0 Å². The number of hydrogen-bond acceptors (Lipinski definition) is 17. The Balaban J connectivity index is 3.99. The quantitative estimate of drug-likeness (QED) is 0.0951.